The lowest BCUT2D eigenvalue weighted by molar-refractivity contribution is 0.415. The number of para-hydroxylation sites is 2. The van der Waals surface area contributed by atoms with Crippen LogP contribution in [0.2, 0.25) is 0 Å². The molecule has 2 aromatic carbocycles. The van der Waals surface area contributed by atoms with Crippen LogP contribution in [0.15, 0.2) is 46.9 Å². The van der Waals surface area contributed by atoms with Crippen LogP contribution in [-0.2, 0) is 0 Å². The van der Waals surface area contributed by atoms with Gasteiger partial charge in [0.2, 0.25) is 0 Å². The van der Waals surface area contributed by atoms with Crippen LogP contribution in [0.3, 0.4) is 0 Å². The summed E-state index contributed by atoms with van der Waals surface area (Å²) in [6, 6.07) is 13.4. The highest BCUT2D eigenvalue weighted by Gasteiger charge is 2.04. The number of nitrogens with one attached hydrogen (secondary N) is 1. The van der Waals surface area contributed by atoms with E-state index in [-0.39, 0.29) is 0 Å². The number of hydrogen-bond acceptors (Lipinski definition) is 3. The van der Waals surface area contributed by atoms with E-state index in [2.05, 4.69) is 21.2 Å². The van der Waals surface area contributed by atoms with Crippen LogP contribution in [-0.4, -0.2) is 7.11 Å². The highest BCUT2D eigenvalue weighted by atomic mass is 79.9. The maximum absolute atomic E-state index is 5.88. The molecule has 3 nitrogen and oxygen atoms in total. The van der Waals surface area contributed by atoms with Gasteiger partial charge in [0, 0.05) is 10.5 Å². The van der Waals surface area contributed by atoms with E-state index >= 15 is 0 Å². The lowest BCUT2D eigenvalue weighted by Gasteiger charge is -2.12. The molecule has 0 aliphatic carbocycles. The fourth-order valence-corrected chi connectivity index (χ4v) is 1.83. The van der Waals surface area contributed by atoms with Gasteiger partial charge in [-0.1, -0.05) is 12.1 Å². The van der Waals surface area contributed by atoms with Crippen molar-refractivity contribution < 1.29 is 4.74 Å². The molecule has 3 N–H and O–H groups in total. The smallest absolute Gasteiger partial charge is 0.121 e. The molecule has 0 aliphatic heterocycles. The van der Waals surface area contributed by atoms with Gasteiger partial charge in [0.05, 0.1) is 24.2 Å². The summed E-state index contributed by atoms with van der Waals surface area (Å²) in [7, 11) is 1.64. The van der Waals surface area contributed by atoms with Gasteiger partial charge in [-0.05, 0) is 40.2 Å². The molecular weight excluding hydrogens is 280 g/mol. The first-order chi connectivity index (χ1) is 8.20. The molecule has 0 spiro atoms. The topological polar surface area (TPSA) is 47.3 Å². The third kappa shape index (κ3) is 2.71. The summed E-state index contributed by atoms with van der Waals surface area (Å²) >= 11 is 3.48. The zero-order valence-electron chi connectivity index (χ0n) is 9.41. The van der Waals surface area contributed by atoms with Gasteiger partial charge in [-0.3, -0.25) is 0 Å². The van der Waals surface area contributed by atoms with Crippen molar-refractivity contribution in [3.8, 4) is 5.75 Å². The second-order valence-electron chi connectivity index (χ2n) is 3.56. The van der Waals surface area contributed by atoms with Crippen molar-refractivity contribution in [1.82, 2.24) is 0 Å². The van der Waals surface area contributed by atoms with Gasteiger partial charge < -0.3 is 15.8 Å². The Hall–Kier alpha value is -1.68. The average molecular weight is 293 g/mol. The largest absolute Gasteiger partial charge is 0.497 e. The van der Waals surface area contributed by atoms with E-state index in [0.29, 0.717) is 5.69 Å². The lowest BCUT2D eigenvalue weighted by Crippen LogP contribution is -1.97. The minimum absolute atomic E-state index is 0.710. The molecule has 0 atom stereocenters. The predicted octanol–water partition coefficient (Wildman–Crippen LogP) is 3.78. The zero-order chi connectivity index (χ0) is 12.3. The Labute approximate surface area is 109 Å². The van der Waals surface area contributed by atoms with Crippen LogP contribution in [0.4, 0.5) is 17.1 Å². The Kier molecular flexibility index (Phi) is 3.54. The molecule has 0 saturated heterocycles. The Morgan fingerprint density at radius 2 is 1.88 bits per heavy atom. The molecule has 4 heteroatoms. The minimum Gasteiger partial charge on any atom is -0.497 e. The second kappa shape index (κ2) is 5.10. The van der Waals surface area contributed by atoms with Crippen molar-refractivity contribution in [2.24, 2.45) is 0 Å². The summed E-state index contributed by atoms with van der Waals surface area (Å²) < 4.78 is 6.15. The number of rotatable bonds is 3. The van der Waals surface area contributed by atoms with Crippen molar-refractivity contribution in [1.29, 1.82) is 0 Å². The third-order valence-electron chi connectivity index (χ3n) is 2.40. The molecule has 0 unspecified atom stereocenters. The first-order valence-corrected chi connectivity index (χ1v) is 5.95. The first kappa shape index (κ1) is 11.8. The van der Waals surface area contributed by atoms with Crippen LogP contribution < -0.4 is 15.8 Å². The number of benzene rings is 2. The molecule has 0 aromatic heterocycles. The quantitative estimate of drug-likeness (QED) is 0.847. The van der Waals surface area contributed by atoms with Gasteiger partial charge in [-0.2, -0.15) is 0 Å². The van der Waals surface area contributed by atoms with Crippen LogP contribution in [0, 0.1) is 0 Å². The summed E-state index contributed by atoms with van der Waals surface area (Å²) in [5.41, 5.74) is 8.39. The molecule has 0 amide bonds. The summed E-state index contributed by atoms with van der Waals surface area (Å²) in [4.78, 5) is 0. The van der Waals surface area contributed by atoms with Crippen molar-refractivity contribution >= 4 is 33.0 Å². The molecule has 88 valence electrons. The van der Waals surface area contributed by atoms with Crippen LogP contribution in [0.25, 0.3) is 0 Å². The van der Waals surface area contributed by atoms with E-state index in [4.69, 9.17) is 10.5 Å². The van der Waals surface area contributed by atoms with E-state index < -0.39 is 0 Å². The third-order valence-corrected chi connectivity index (χ3v) is 3.10. The van der Waals surface area contributed by atoms with Gasteiger partial charge in [0.25, 0.3) is 0 Å². The van der Waals surface area contributed by atoms with Crippen molar-refractivity contribution in [2.45, 2.75) is 0 Å². The van der Waals surface area contributed by atoms with E-state index in [1.807, 2.05) is 42.5 Å². The Morgan fingerprint density at radius 1 is 1.12 bits per heavy atom. The Balaban J connectivity index is 2.32. The van der Waals surface area contributed by atoms with E-state index in [1.54, 1.807) is 7.11 Å². The molecule has 2 rings (SSSR count). The Bertz CT molecular complexity index is 529. The normalized spacial score (nSPS) is 10.0. The molecular formula is C13H13BrN2O. The summed E-state index contributed by atoms with van der Waals surface area (Å²) in [6.45, 7) is 0. The van der Waals surface area contributed by atoms with Gasteiger partial charge in [-0.15, -0.1) is 0 Å². The number of nitrogens with two attached hydrogens (primary N) is 1. The van der Waals surface area contributed by atoms with Crippen molar-refractivity contribution in [2.75, 3.05) is 18.2 Å². The van der Waals surface area contributed by atoms with Gasteiger partial charge in [-0.25, -0.2) is 0 Å². The van der Waals surface area contributed by atoms with E-state index in [0.717, 1.165) is 21.6 Å². The molecule has 17 heavy (non-hydrogen) atoms. The van der Waals surface area contributed by atoms with Crippen molar-refractivity contribution in [3.05, 3.63) is 46.9 Å². The molecule has 0 aliphatic rings. The first-order valence-electron chi connectivity index (χ1n) is 5.16. The SMILES string of the molecule is COc1ccc(Br)c(Nc2ccccc2N)c1. The molecule has 0 fully saturated rings. The van der Waals surface area contributed by atoms with E-state index in [1.165, 1.54) is 0 Å². The average Bonchev–Trinajstić information content (AvgIpc) is 2.35. The van der Waals surface area contributed by atoms with Crippen LogP contribution in [0.5, 0.6) is 5.75 Å². The van der Waals surface area contributed by atoms with Gasteiger partial charge >= 0.3 is 0 Å². The summed E-state index contributed by atoms with van der Waals surface area (Å²) in [6.07, 6.45) is 0. The van der Waals surface area contributed by atoms with Gasteiger partial charge in [0.15, 0.2) is 0 Å². The van der Waals surface area contributed by atoms with E-state index in [9.17, 15) is 0 Å². The number of anilines is 3. The lowest BCUT2D eigenvalue weighted by atomic mass is 10.2. The number of hydrogen-bond donors (Lipinski definition) is 2. The summed E-state index contributed by atoms with van der Waals surface area (Å²) in [5.74, 6) is 0.796. The highest BCUT2D eigenvalue weighted by Crippen LogP contribution is 2.31. The predicted molar refractivity (Wildman–Crippen MR) is 74.8 cm³/mol. The number of methoxy groups -OCH3 is 1. The monoisotopic (exact) mass is 292 g/mol. The number of halogens is 1. The van der Waals surface area contributed by atoms with Crippen LogP contribution in [0.1, 0.15) is 0 Å². The number of nitrogen functional groups attached to an aromatic ring is 1. The maximum atomic E-state index is 5.88. The highest BCUT2D eigenvalue weighted by molar-refractivity contribution is 9.10. The number of ether oxygens (including phenoxy) is 1. The van der Waals surface area contributed by atoms with Crippen LogP contribution >= 0.6 is 15.9 Å². The fourth-order valence-electron chi connectivity index (χ4n) is 1.48. The molecule has 0 saturated carbocycles. The molecule has 0 bridgehead atoms. The molecule has 2 aromatic rings. The van der Waals surface area contributed by atoms with Gasteiger partial charge in [0.1, 0.15) is 5.75 Å². The maximum Gasteiger partial charge on any atom is 0.121 e. The van der Waals surface area contributed by atoms with Crippen molar-refractivity contribution in [3.63, 3.8) is 0 Å². The molecule has 0 radical (unpaired) electrons. The zero-order valence-corrected chi connectivity index (χ0v) is 11.0. The summed E-state index contributed by atoms with van der Waals surface area (Å²) in [5, 5.41) is 3.26. The standard InChI is InChI=1S/C13H13BrN2O/c1-17-9-6-7-10(14)13(8-9)16-12-5-3-2-4-11(12)15/h2-8,16H,15H2,1H3. The fraction of sp³-hybridized carbons (Fsp3) is 0.0769. The second-order valence-corrected chi connectivity index (χ2v) is 4.41. The molecule has 0 heterocycles. The Morgan fingerprint density at radius 3 is 2.59 bits per heavy atom. The minimum atomic E-state index is 0.710.